The number of hydrogen-bond donors (Lipinski definition) is 1. The van der Waals surface area contributed by atoms with Gasteiger partial charge in [-0.1, -0.05) is 0 Å². The summed E-state index contributed by atoms with van der Waals surface area (Å²) in [6.07, 6.45) is 0. The Morgan fingerprint density at radius 2 is 2.25 bits per heavy atom. The summed E-state index contributed by atoms with van der Waals surface area (Å²) in [4.78, 5) is 21.8. The smallest absolute Gasteiger partial charge is 0.313 e. The summed E-state index contributed by atoms with van der Waals surface area (Å²) >= 11 is 0. The highest BCUT2D eigenvalue weighted by molar-refractivity contribution is 5.95. The molecule has 1 aliphatic heterocycles. The van der Waals surface area contributed by atoms with E-state index in [9.17, 15) is 9.59 Å². The average Bonchev–Trinajstić information content (AvgIpc) is 2.00. The highest BCUT2D eigenvalue weighted by atomic mass is 16.5. The minimum atomic E-state index is -0.508. The van der Waals surface area contributed by atoms with Crippen LogP contribution in [0.3, 0.4) is 0 Å². The van der Waals surface area contributed by atoms with Crippen molar-refractivity contribution >= 4 is 11.9 Å². The maximum absolute atomic E-state index is 11.0. The van der Waals surface area contributed by atoms with Crippen LogP contribution in [0.4, 0.5) is 0 Å². The maximum atomic E-state index is 11.0. The van der Waals surface area contributed by atoms with E-state index in [-0.39, 0.29) is 18.5 Å². The van der Waals surface area contributed by atoms with Crippen LogP contribution >= 0.6 is 0 Å². The third kappa shape index (κ3) is 1.32. The van der Waals surface area contributed by atoms with Gasteiger partial charge in [-0.3, -0.25) is 9.59 Å². The van der Waals surface area contributed by atoms with Gasteiger partial charge in [0, 0.05) is 0 Å². The van der Waals surface area contributed by atoms with E-state index in [2.05, 4.69) is 0 Å². The van der Waals surface area contributed by atoms with Crippen LogP contribution in [-0.2, 0) is 14.3 Å². The number of carbonyl (C=O) groups excluding carboxylic acids is 2. The fourth-order valence-electron chi connectivity index (χ4n) is 1.09. The van der Waals surface area contributed by atoms with Crippen LogP contribution in [0.5, 0.6) is 0 Å². The van der Waals surface area contributed by atoms with Crippen molar-refractivity contribution in [2.24, 2.45) is 11.7 Å². The molecule has 1 rings (SSSR count). The zero-order chi connectivity index (χ0) is 9.30. The highest BCUT2D eigenvalue weighted by Gasteiger charge is 2.27. The monoisotopic (exact) mass is 169 g/mol. The molecule has 1 atom stereocenters. The second-order valence-electron chi connectivity index (χ2n) is 2.86. The topological polar surface area (TPSA) is 69.4 Å². The molecular formula is C8H11NO3. The van der Waals surface area contributed by atoms with Crippen LogP contribution < -0.4 is 5.73 Å². The molecule has 4 nitrogen and oxygen atoms in total. The molecular weight excluding hydrogens is 158 g/mol. The predicted molar refractivity (Wildman–Crippen MR) is 42.0 cm³/mol. The van der Waals surface area contributed by atoms with Crippen LogP contribution in [0, 0.1) is 5.92 Å². The standard InChI is InChI=1S/C8H11NO3/c1-4-5(2)8(11)12-3-6(4)7(9)10/h5H,3H2,1-2H3,(H2,9,10). The Hall–Kier alpha value is -1.32. The first-order chi connectivity index (χ1) is 5.54. The number of rotatable bonds is 1. The molecule has 0 radical (unpaired) electrons. The van der Waals surface area contributed by atoms with Crippen molar-refractivity contribution in [1.82, 2.24) is 0 Å². The van der Waals surface area contributed by atoms with Gasteiger partial charge in [-0.15, -0.1) is 0 Å². The molecule has 4 heteroatoms. The van der Waals surface area contributed by atoms with Crippen LogP contribution in [0.1, 0.15) is 13.8 Å². The van der Waals surface area contributed by atoms with Gasteiger partial charge in [0.2, 0.25) is 5.91 Å². The third-order valence-electron chi connectivity index (χ3n) is 2.14. The number of cyclic esters (lactones) is 1. The number of esters is 1. The Kier molecular flexibility index (Phi) is 2.17. The van der Waals surface area contributed by atoms with Crippen molar-refractivity contribution in [2.45, 2.75) is 13.8 Å². The zero-order valence-electron chi connectivity index (χ0n) is 7.09. The van der Waals surface area contributed by atoms with Gasteiger partial charge in [-0.25, -0.2) is 0 Å². The Bertz CT molecular complexity index is 267. The normalized spacial score (nSPS) is 23.8. The van der Waals surface area contributed by atoms with Crippen LogP contribution in [0.2, 0.25) is 0 Å². The molecule has 66 valence electrons. The van der Waals surface area contributed by atoms with E-state index in [1.807, 2.05) is 0 Å². The first-order valence-electron chi connectivity index (χ1n) is 3.70. The summed E-state index contributed by atoms with van der Waals surface area (Å²) in [7, 11) is 0. The van der Waals surface area contributed by atoms with Crippen LogP contribution in [0.25, 0.3) is 0 Å². The number of carbonyl (C=O) groups is 2. The lowest BCUT2D eigenvalue weighted by Gasteiger charge is -2.20. The van der Waals surface area contributed by atoms with E-state index in [0.717, 1.165) is 5.57 Å². The fraction of sp³-hybridized carbons (Fsp3) is 0.500. The first-order valence-corrected chi connectivity index (χ1v) is 3.70. The first kappa shape index (κ1) is 8.77. The van der Waals surface area contributed by atoms with Crippen molar-refractivity contribution in [2.75, 3.05) is 6.61 Å². The molecule has 0 aliphatic carbocycles. The molecule has 0 saturated carbocycles. The van der Waals surface area contributed by atoms with Crippen molar-refractivity contribution < 1.29 is 14.3 Å². The Labute approximate surface area is 70.4 Å². The molecule has 1 amide bonds. The molecule has 0 fully saturated rings. The number of nitrogens with two attached hydrogens (primary N) is 1. The Balaban J connectivity index is 3.00. The molecule has 0 spiro atoms. The highest BCUT2D eigenvalue weighted by Crippen LogP contribution is 2.21. The summed E-state index contributed by atoms with van der Waals surface area (Å²) < 4.78 is 4.74. The predicted octanol–water partition coefficient (Wildman–Crippen LogP) is -0.0189. The molecule has 2 N–H and O–H groups in total. The minimum Gasteiger partial charge on any atom is -0.460 e. The minimum absolute atomic E-state index is 0.0182. The molecule has 1 aliphatic rings. The Morgan fingerprint density at radius 3 is 2.75 bits per heavy atom. The molecule has 0 aromatic heterocycles. The van der Waals surface area contributed by atoms with Gasteiger partial charge in [0.15, 0.2) is 0 Å². The number of ether oxygens (including phenoxy) is 1. The summed E-state index contributed by atoms with van der Waals surface area (Å²) in [6, 6.07) is 0. The molecule has 0 aromatic carbocycles. The molecule has 1 unspecified atom stereocenters. The summed E-state index contributed by atoms with van der Waals surface area (Å²) in [5.41, 5.74) is 6.22. The Morgan fingerprint density at radius 1 is 1.67 bits per heavy atom. The van der Waals surface area contributed by atoms with Crippen molar-refractivity contribution in [1.29, 1.82) is 0 Å². The van der Waals surface area contributed by atoms with E-state index in [1.54, 1.807) is 13.8 Å². The van der Waals surface area contributed by atoms with Gasteiger partial charge in [-0.2, -0.15) is 0 Å². The lowest BCUT2D eigenvalue weighted by Crippen LogP contribution is -2.30. The van der Waals surface area contributed by atoms with E-state index in [1.165, 1.54) is 0 Å². The van der Waals surface area contributed by atoms with Gasteiger partial charge >= 0.3 is 5.97 Å². The molecule has 0 aromatic rings. The lowest BCUT2D eigenvalue weighted by molar-refractivity contribution is -0.147. The quantitative estimate of drug-likeness (QED) is 0.561. The van der Waals surface area contributed by atoms with Gasteiger partial charge in [-0.05, 0) is 19.4 Å². The summed E-state index contributed by atoms with van der Waals surface area (Å²) in [5, 5.41) is 0. The lowest BCUT2D eigenvalue weighted by atomic mass is 9.95. The summed E-state index contributed by atoms with van der Waals surface area (Å²) in [6.45, 7) is 3.44. The van der Waals surface area contributed by atoms with Gasteiger partial charge in [0.05, 0.1) is 11.5 Å². The molecule has 0 saturated heterocycles. The zero-order valence-corrected chi connectivity index (χ0v) is 7.09. The van der Waals surface area contributed by atoms with Crippen LogP contribution in [0.15, 0.2) is 11.1 Å². The van der Waals surface area contributed by atoms with E-state index < -0.39 is 5.91 Å². The van der Waals surface area contributed by atoms with Crippen LogP contribution in [-0.4, -0.2) is 18.5 Å². The second-order valence-corrected chi connectivity index (χ2v) is 2.86. The SMILES string of the molecule is CC1=C(C(N)=O)COC(=O)C1C. The van der Waals surface area contributed by atoms with Gasteiger partial charge in [0.25, 0.3) is 0 Å². The average molecular weight is 169 g/mol. The van der Waals surface area contributed by atoms with Gasteiger partial charge in [0.1, 0.15) is 6.61 Å². The number of primary amides is 1. The molecule has 0 bridgehead atoms. The second kappa shape index (κ2) is 2.97. The number of hydrogen-bond acceptors (Lipinski definition) is 3. The van der Waals surface area contributed by atoms with Crippen molar-refractivity contribution in [3.05, 3.63) is 11.1 Å². The number of amides is 1. The van der Waals surface area contributed by atoms with E-state index in [4.69, 9.17) is 10.5 Å². The van der Waals surface area contributed by atoms with Gasteiger partial charge < -0.3 is 10.5 Å². The molecule has 1 heterocycles. The van der Waals surface area contributed by atoms with E-state index >= 15 is 0 Å². The maximum Gasteiger partial charge on any atom is 0.313 e. The van der Waals surface area contributed by atoms with Crippen molar-refractivity contribution in [3.8, 4) is 0 Å². The van der Waals surface area contributed by atoms with E-state index in [0.29, 0.717) is 5.57 Å². The van der Waals surface area contributed by atoms with Crippen molar-refractivity contribution in [3.63, 3.8) is 0 Å². The summed E-state index contributed by atoms with van der Waals surface area (Å²) in [5.74, 6) is -1.15. The fourth-order valence-corrected chi connectivity index (χ4v) is 1.09. The largest absolute Gasteiger partial charge is 0.460 e. The third-order valence-corrected chi connectivity index (χ3v) is 2.14. The molecule has 12 heavy (non-hydrogen) atoms.